The Bertz CT molecular complexity index is 844. The Balaban J connectivity index is 1.37. The van der Waals surface area contributed by atoms with Crippen molar-refractivity contribution in [2.45, 2.75) is 38.3 Å². The molecule has 0 radical (unpaired) electrons. The number of urea groups is 1. The molecule has 1 aromatic heterocycles. The second-order valence-corrected chi connectivity index (χ2v) is 7.78. The number of nitrogens with zero attached hydrogens (tertiary/aromatic N) is 3. The van der Waals surface area contributed by atoms with Crippen LogP contribution in [-0.2, 0) is 9.53 Å². The number of aromatic nitrogens is 2. The molecule has 1 saturated carbocycles. The van der Waals surface area contributed by atoms with Crippen LogP contribution in [0.4, 0.5) is 16.2 Å². The first-order valence-electron chi connectivity index (χ1n) is 10.2. The number of amides is 3. The maximum absolute atomic E-state index is 12.9. The van der Waals surface area contributed by atoms with E-state index in [1.807, 2.05) is 17.0 Å². The molecule has 2 aliphatic rings. The first-order chi connectivity index (χ1) is 14.1. The van der Waals surface area contributed by atoms with E-state index in [1.165, 1.54) is 0 Å². The number of carbonyl (C=O) groups is 2. The van der Waals surface area contributed by atoms with Gasteiger partial charge < -0.3 is 20.3 Å². The topological polar surface area (TPSA) is 88.5 Å². The summed E-state index contributed by atoms with van der Waals surface area (Å²) < 4.78 is 7.05. The molecule has 1 aromatic carbocycles. The lowest BCUT2D eigenvalue weighted by molar-refractivity contribution is -0.119. The lowest BCUT2D eigenvalue weighted by Crippen LogP contribution is -2.40. The van der Waals surface area contributed by atoms with Gasteiger partial charge in [-0.15, -0.1) is 0 Å². The fourth-order valence-corrected chi connectivity index (χ4v) is 3.54. The summed E-state index contributed by atoms with van der Waals surface area (Å²) in [5, 5.41) is 9.97. The van der Waals surface area contributed by atoms with Crippen LogP contribution in [0.2, 0.25) is 0 Å². The smallest absolute Gasteiger partial charge is 0.322 e. The predicted molar refractivity (Wildman–Crippen MR) is 110 cm³/mol. The molecule has 2 atom stereocenters. The van der Waals surface area contributed by atoms with Crippen molar-refractivity contribution in [3.8, 4) is 0 Å². The fraction of sp³-hybridized carbons (Fsp3) is 0.476. The van der Waals surface area contributed by atoms with Crippen LogP contribution in [0.1, 0.15) is 32.2 Å². The highest BCUT2D eigenvalue weighted by molar-refractivity contribution is 5.95. The summed E-state index contributed by atoms with van der Waals surface area (Å²) in [7, 11) is 0. The van der Waals surface area contributed by atoms with E-state index in [2.05, 4.69) is 15.7 Å². The summed E-state index contributed by atoms with van der Waals surface area (Å²) in [6.45, 7) is 4.03. The lowest BCUT2D eigenvalue weighted by Gasteiger charge is -2.25. The van der Waals surface area contributed by atoms with E-state index in [1.54, 1.807) is 42.2 Å². The normalized spacial score (nSPS) is 19.6. The molecule has 2 N–H and O–H groups in total. The van der Waals surface area contributed by atoms with Crippen molar-refractivity contribution >= 4 is 23.3 Å². The van der Waals surface area contributed by atoms with Crippen LogP contribution in [0.15, 0.2) is 42.7 Å². The van der Waals surface area contributed by atoms with Gasteiger partial charge in [0.1, 0.15) is 6.04 Å². The highest BCUT2D eigenvalue weighted by Gasteiger charge is 2.34. The minimum Gasteiger partial charge on any atom is -0.381 e. The van der Waals surface area contributed by atoms with Crippen LogP contribution in [0.3, 0.4) is 0 Å². The standard InChI is InChI=1S/C21H27N5O3/c1-15(26-10-3-9-22-26)20(27)23-17-4-2-5-18(12-17)24-21(28)25(19-6-7-19)13-16-8-11-29-14-16/h2-5,9-10,12,15-16,19H,6-8,11,13-14H2,1H3,(H,23,27)(H,24,28)/t15-,16-/m1/s1. The highest BCUT2D eigenvalue weighted by atomic mass is 16.5. The molecular weight excluding hydrogens is 370 g/mol. The zero-order valence-electron chi connectivity index (χ0n) is 16.6. The number of hydrogen-bond donors (Lipinski definition) is 2. The molecule has 8 heteroatoms. The maximum atomic E-state index is 12.9. The SMILES string of the molecule is C[C@H](C(=O)Nc1cccc(NC(=O)N(C[C@H]2CCOC2)C2CC2)c1)n1cccn1. The minimum absolute atomic E-state index is 0.0900. The molecule has 3 amide bonds. The summed E-state index contributed by atoms with van der Waals surface area (Å²) in [6.07, 6.45) is 6.52. The number of hydrogen-bond acceptors (Lipinski definition) is 4. The summed E-state index contributed by atoms with van der Waals surface area (Å²) >= 11 is 0. The summed E-state index contributed by atoms with van der Waals surface area (Å²) in [6, 6.07) is 8.81. The Kier molecular flexibility index (Phi) is 5.80. The molecular formula is C21H27N5O3. The lowest BCUT2D eigenvalue weighted by atomic mass is 10.1. The van der Waals surface area contributed by atoms with Gasteiger partial charge in [0.25, 0.3) is 0 Å². The Morgan fingerprint density at radius 3 is 2.69 bits per heavy atom. The van der Waals surface area contributed by atoms with Gasteiger partial charge in [0, 0.05) is 48.9 Å². The van der Waals surface area contributed by atoms with Crippen molar-refractivity contribution in [3.05, 3.63) is 42.7 Å². The zero-order valence-corrected chi connectivity index (χ0v) is 16.6. The van der Waals surface area contributed by atoms with Gasteiger partial charge in [-0.25, -0.2) is 4.79 Å². The molecule has 154 valence electrons. The number of ether oxygens (including phenoxy) is 1. The van der Waals surface area contributed by atoms with Crippen molar-refractivity contribution in [2.24, 2.45) is 5.92 Å². The van der Waals surface area contributed by atoms with Gasteiger partial charge in [-0.2, -0.15) is 5.10 Å². The van der Waals surface area contributed by atoms with Crippen molar-refractivity contribution in [2.75, 3.05) is 30.4 Å². The van der Waals surface area contributed by atoms with Gasteiger partial charge in [-0.1, -0.05) is 6.07 Å². The summed E-state index contributed by atoms with van der Waals surface area (Å²) in [5.74, 6) is 0.244. The Morgan fingerprint density at radius 1 is 1.24 bits per heavy atom. The third-order valence-electron chi connectivity index (χ3n) is 5.41. The highest BCUT2D eigenvalue weighted by Crippen LogP contribution is 2.30. The van der Waals surface area contributed by atoms with Gasteiger partial charge in [-0.3, -0.25) is 9.48 Å². The molecule has 1 aliphatic carbocycles. The van der Waals surface area contributed by atoms with E-state index in [4.69, 9.17) is 4.74 Å². The largest absolute Gasteiger partial charge is 0.381 e. The molecule has 4 rings (SSSR count). The summed E-state index contributed by atoms with van der Waals surface area (Å²) in [5.41, 5.74) is 1.29. The van der Waals surface area contributed by atoms with Crippen molar-refractivity contribution in [1.29, 1.82) is 0 Å². The Labute approximate surface area is 170 Å². The molecule has 1 saturated heterocycles. The molecule has 2 heterocycles. The number of carbonyl (C=O) groups excluding carboxylic acids is 2. The summed E-state index contributed by atoms with van der Waals surface area (Å²) in [4.78, 5) is 27.3. The molecule has 2 fully saturated rings. The second-order valence-electron chi connectivity index (χ2n) is 7.78. The van der Waals surface area contributed by atoms with E-state index >= 15 is 0 Å². The van der Waals surface area contributed by atoms with Crippen LogP contribution in [-0.4, -0.2) is 52.4 Å². The molecule has 0 spiro atoms. The molecule has 0 bridgehead atoms. The van der Waals surface area contributed by atoms with Crippen LogP contribution in [0, 0.1) is 5.92 Å². The van der Waals surface area contributed by atoms with Crippen molar-refractivity contribution < 1.29 is 14.3 Å². The van der Waals surface area contributed by atoms with Crippen LogP contribution >= 0.6 is 0 Å². The van der Waals surface area contributed by atoms with E-state index in [0.717, 1.165) is 39.0 Å². The number of anilines is 2. The molecule has 0 unspecified atom stereocenters. The van der Waals surface area contributed by atoms with E-state index in [0.29, 0.717) is 23.3 Å². The van der Waals surface area contributed by atoms with E-state index in [9.17, 15) is 9.59 Å². The minimum atomic E-state index is -0.428. The number of benzene rings is 1. The van der Waals surface area contributed by atoms with E-state index in [-0.39, 0.29) is 11.9 Å². The molecule has 29 heavy (non-hydrogen) atoms. The quantitative estimate of drug-likeness (QED) is 0.751. The third-order valence-corrected chi connectivity index (χ3v) is 5.41. The van der Waals surface area contributed by atoms with Gasteiger partial charge >= 0.3 is 6.03 Å². The van der Waals surface area contributed by atoms with Crippen molar-refractivity contribution in [1.82, 2.24) is 14.7 Å². The van der Waals surface area contributed by atoms with Crippen LogP contribution in [0.5, 0.6) is 0 Å². The van der Waals surface area contributed by atoms with Gasteiger partial charge in [0.2, 0.25) is 5.91 Å². The van der Waals surface area contributed by atoms with Crippen molar-refractivity contribution in [3.63, 3.8) is 0 Å². The second kappa shape index (κ2) is 8.65. The molecule has 2 aromatic rings. The fourth-order valence-electron chi connectivity index (χ4n) is 3.54. The van der Waals surface area contributed by atoms with E-state index < -0.39 is 6.04 Å². The average Bonchev–Trinajstić information content (AvgIpc) is 3.18. The predicted octanol–water partition coefficient (Wildman–Crippen LogP) is 3.12. The number of rotatable bonds is 7. The van der Waals surface area contributed by atoms with Crippen LogP contribution in [0.25, 0.3) is 0 Å². The Morgan fingerprint density at radius 2 is 2.03 bits per heavy atom. The van der Waals surface area contributed by atoms with Crippen LogP contribution < -0.4 is 10.6 Å². The average molecular weight is 397 g/mol. The van der Waals surface area contributed by atoms with Gasteiger partial charge in [-0.05, 0) is 50.5 Å². The molecule has 1 aliphatic heterocycles. The first kappa shape index (κ1) is 19.4. The van der Waals surface area contributed by atoms with Gasteiger partial charge in [0.15, 0.2) is 0 Å². The first-order valence-corrected chi connectivity index (χ1v) is 10.2. The van der Waals surface area contributed by atoms with Gasteiger partial charge in [0.05, 0.1) is 6.61 Å². The monoisotopic (exact) mass is 397 g/mol. The Hall–Kier alpha value is -2.87. The maximum Gasteiger partial charge on any atom is 0.322 e. The zero-order chi connectivity index (χ0) is 20.2. The number of nitrogens with one attached hydrogen (secondary N) is 2. The third kappa shape index (κ3) is 4.95. The molecule has 8 nitrogen and oxygen atoms in total.